The molecule has 56 valence electrons. The van der Waals surface area contributed by atoms with Gasteiger partial charge in [0.1, 0.15) is 0 Å². The second-order valence-corrected chi connectivity index (χ2v) is 3.77. The van der Waals surface area contributed by atoms with Crippen molar-refractivity contribution in [1.82, 2.24) is 4.90 Å². The van der Waals surface area contributed by atoms with Crippen molar-refractivity contribution in [1.29, 1.82) is 0 Å². The van der Waals surface area contributed by atoms with Crippen LogP contribution >= 0.6 is 0 Å². The van der Waals surface area contributed by atoms with Gasteiger partial charge in [0.05, 0.1) is 0 Å². The molecule has 1 aliphatic rings. The number of allylic oxidation sites excluding steroid dienone is 2. The molecule has 0 heterocycles. The van der Waals surface area contributed by atoms with Crippen LogP contribution in [0.1, 0.15) is 13.8 Å². The minimum absolute atomic E-state index is 0.147. The molecule has 0 bridgehead atoms. The van der Waals surface area contributed by atoms with E-state index in [0.29, 0.717) is 0 Å². The summed E-state index contributed by atoms with van der Waals surface area (Å²) in [7, 11) is 4.22. The average molecular weight is 143 g/mol. The van der Waals surface area contributed by atoms with Crippen LogP contribution in [0.4, 0.5) is 0 Å². The first-order valence-corrected chi connectivity index (χ1v) is 4.02. The van der Waals surface area contributed by atoms with E-state index in [4.69, 9.17) is 0 Å². The van der Waals surface area contributed by atoms with Crippen LogP contribution in [-0.4, -0.2) is 40.9 Å². The first-order valence-electron chi connectivity index (χ1n) is 4.02. The van der Waals surface area contributed by atoms with Gasteiger partial charge in [-0.15, -0.1) is 0 Å². The summed E-state index contributed by atoms with van der Waals surface area (Å²) in [6, 6.07) is 0. The molecular weight excluding hydrogens is 129 g/mol. The predicted octanol–water partition coefficient (Wildman–Crippen LogP) is 1.32. The Morgan fingerprint density at radius 2 is 1.55 bits per heavy atom. The molecular formula is C9H14LiN. The van der Waals surface area contributed by atoms with E-state index in [1.807, 2.05) is 0 Å². The number of hydrogen-bond acceptors (Lipinski definition) is 1. The van der Waals surface area contributed by atoms with Crippen LogP contribution in [-0.2, 0) is 0 Å². The normalized spacial score (nSPS) is 22.1. The van der Waals surface area contributed by atoms with Crippen LogP contribution < -0.4 is 0 Å². The summed E-state index contributed by atoms with van der Waals surface area (Å²) >= 11 is 2.23. The molecule has 0 aromatic heterocycles. The molecule has 0 saturated carbocycles. The van der Waals surface area contributed by atoms with Gasteiger partial charge in [-0.1, -0.05) is 0 Å². The number of nitrogens with zero attached hydrogens (tertiary/aromatic N) is 1. The number of hydrogen-bond donors (Lipinski definition) is 0. The average Bonchev–Trinajstić information content (AvgIpc) is 2.09. The second kappa shape index (κ2) is 2.82. The topological polar surface area (TPSA) is 3.24 Å². The van der Waals surface area contributed by atoms with E-state index in [1.165, 1.54) is 11.1 Å². The Morgan fingerprint density at radius 3 is 1.73 bits per heavy atom. The van der Waals surface area contributed by atoms with Gasteiger partial charge in [0.25, 0.3) is 0 Å². The van der Waals surface area contributed by atoms with Crippen molar-refractivity contribution in [2.75, 3.05) is 14.1 Å². The summed E-state index contributed by atoms with van der Waals surface area (Å²) in [6.07, 6.45) is 4.62. The van der Waals surface area contributed by atoms with Crippen LogP contribution in [0.25, 0.3) is 0 Å². The molecule has 0 aromatic carbocycles. The van der Waals surface area contributed by atoms with Gasteiger partial charge in [-0.2, -0.15) is 0 Å². The van der Waals surface area contributed by atoms with Crippen molar-refractivity contribution in [3.8, 4) is 0 Å². The molecule has 0 atom stereocenters. The molecule has 0 aromatic rings. The van der Waals surface area contributed by atoms with E-state index >= 15 is 0 Å². The fraction of sp³-hybridized carbons (Fsp3) is 0.556. The zero-order valence-corrected chi connectivity index (χ0v) is 8.10. The van der Waals surface area contributed by atoms with Crippen LogP contribution in [0.2, 0.25) is 0 Å². The van der Waals surface area contributed by atoms with Gasteiger partial charge in [0.15, 0.2) is 0 Å². The molecule has 0 N–H and O–H groups in total. The maximum atomic E-state index is 2.31. The van der Waals surface area contributed by atoms with Gasteiger partial charge in [0, 0.05) is 0 Å². The quantitative estimate of drug-likeness (QED) is 0.500. The van der Waals surface area contributed by atoms with Crippen molar-refractivity contribution in [2.45, 2.75) is 18.1 Å². The Morgan fingerprint density at radius 1 is 1.18 bits per heavy atom. The third kappa shape index (κ3) is 1.61. The summed E-state index contributed by atoms with van der Waals surface area (Å²) in [5, 5.41) is 0. The molecule has 11 heavy (non-hydrogen) atoms. The summed E-state index contributed by atoms with van der Waals surface area (Å²) in [5.41, 5.74) is 2.81. The van der Waals surface area contributed by atoms with Crippen LogP contribution in [0, 0.1) is 0 Å². The molecule has 1 aliphatic carbocycles. The molecule has 0 amide bonds. The third-order valence-corrected chi connectivity index (χ3v) is 2.60. The molecule has 0 spiro atoms. The molecule has 0 saturated heterocycles. The van der Waals surface area contributed by atoms with Crippen LogP contribution in [0.3, 0.4) is 0 Å². The SMILES string of the molecule is [Li][C]1(N(C)C)C=C(C)C(C)=C1. The molecule has 1 nitrogen and oxygen atoms in total. The first kappa shape index (κ1) is 9.13. The summed E-state index contributed by atoms with van der Waals surface area (Å²) < 4.78 is 0.147. The van der Waals surface area contributed by atoms with Crippen molar-refractivity contribution < 1.29 is 0 Å². The van der Waals surface area contributed by atoms with E-state index in [9.17, 15) is 0 Å². The van der Waals surface area contributed by atoms with E-state index in [-0.39, 0.29) is 4.21 Å². The Kier molecular flexibility index (Phi) is 2.34. The Hall–Kier alpha value is 0.0374. The van der Waals surface area contributed by atoms with E-state index in [2.05, 4.69) is 62.7 Å². The van der Waals surface area contributed by atoms with Crippen molar-refractivity contribution in [3.05, 3.63) is 23.3 Å². The van der Waals surface area contributed by atoms with Crippen LogP contribution in [0.15, 0.2) is 23.3 Å². The zero-order valence-electron chi connectivity index (χ0n) is 8.10. The fourth-order valence-corrected chi connectivity index (χ4v) is 1.40. The Bertz CT molecular complexity index is 208. The molecule has 2 heteroatoms. The number of likely N-dealkylation sites (N-methyl/N-ethyl adjacent to an activating group) is 1. The van der Waals surface area contributed by atoms with Crippen molar-refractivity contribution in [3.63, 3.8) is 0 Å². The zero-order chi connectivity index (χ0) is 8.65. The van der Waals surface area contributed by atoms with Gasteiger partial charge >= 0.3 is 78.1 Å². The van der Waals surface area contributed by atoms with E-state index in [0.717, 1.165) is 0 Å². The minimum atomic E-state index is 0.147. The summed E-state index contributed by atoms with van der Waals surface area (Å²) in [5.74, 6) is 0. The van der Waals surface area contributed by atoms with Crippen LogP contribution in [0.5, 0.6) is 0 Å². The monoisotopic (exact) mass is 143 g/mol. The molecule has 0 unspecified atom stereocenters. The van der Waals surface area contributed by atoms with Crippen molar-refractivity contribution in [2.24, 2.45) is 0 Å². The predicted molar refractivity (Wildman–Crippen MR) is 49.7 cm³/mol. The van der Waals surface area contributed by atoms with Gasteiger partial charge < -0.3 is 0 Å². The van der Waals surface area contributed by atoms with E-state index in [1.54, 1.807) is 0 Å². The standard InChI is InChI=1S/C9H14N.Li/c1-7-5-9(10(3)4)6-8(7)2;/h5-6H,1-4H3;. The van der Waals surface area contributed by atoms with E-state index < -0.39 is 0 Å². The molecule has 0 radical (unpaired) electrons. The van der Waals surface area contributed by atoms with Gasteiger partial charge in [-0.3, -0.25) is 0 Å². The van der Waals surface area contributed by atoms with Gasteiger partial charge in [-0.05, 0) is 0 Å². The maximum absolute atomic E-state index is 2.31. The van der Waals surface area contributed by atoms with Gasteiger partial charge in [0.2, 0.25) is 0 Å². The fourth-order valence-electron chi connectivity index (χ4n) is 1.40. The third-order valence-electron chi connectivity index (χ3n) is 2.60. The molecule has 0 fully saturated rings. The first-order chi connectivity index (χ1) is 4.96. The second-order valence-electron chi connectivity index (χ2n) is 3.77. The molecule has 0 aliphatic heterocycles. The van der Waals surface area contributed by atoms with Crippen molar-refractivity contribution >= 4 is 17.7 Å². The summed E-state index contributed by atoms with van der Waals surface area (Å²) in [4.78, 5) is 2.23. The summed E-state index contributed by atoms with van der Waals surface area (Å²) in [6.45, 7) is 4.33. The Labute approximate surface area is 78.4 Å². The molecule has 1 rings (SSSR count). The number of rotatable bonds is 1. The van der Waals surface area contributed by atoms with Gasteiger partial charge in [-0.25, -0.2) is 0 Å². The Balaban J connectivity index is 2.96.